The third-order valence-corrected chi connectivity index (χ3v) is 4.45. The highest BCUT2D eigenvalue weighted by molar-refractivity contribution is 5.81. The Morgan fingerprint density at radius 3 is 2.50 bits per heavy atom. The van der Waals surface area contributed by atoms with Gasteiger partial charge in [-0.05, 0) is 39.5 Å². The van der Waals surface area contributed by atoms with E-state index in [2.05, 4.69) is 5.32 Å². The zero-order chi connectivity index (χ0) is 13.3. The Morgan fingerprint density at radius 1 is 1.33 bits per heavy atom. The maximum atomic E-state index is 12.2. The smallest absolute Gasteiger partial charge is 0.306 e. The molecule has 0 aromatic rings. The second-order valence-corrected chi connectivity index (χ2v) is 5.71. The van der Waals surface area contributed by atoms with E-state index >= 15 is 0 Å². The minimum absolute atomic E-state index is 0.0122. The first kappa shape index (κ1) is 13.3. The summed E-state index contributed by atoms with van der Waals surface area (Å²) in [6, 6.07) is 0. The van der Waals surface area contributed by atoms with Crippen molar-refractivity contribution in [3.63, 3.8) is 0 Å². The summed E-state index contributed by atoms with van der Waals surface area (Å²) in [5.41, 5.74) is -0.307. The fourth-order valence-electron chi connectivity index (χ4n) is 2.83. The van der Waals surface area contributed by atoms with Crippen molar-refractivity contribution < 1.29 is 19.4 Å². The number of hydrogen-bond donors (Lipinski definition) is 2. The number of carbonyl (C=O) groups is 2. The fourth-order valence-corrected chi connectivity index (χ4v) is 2.83. The predicted octanol–water partition coefficient (Wildman–Crippen LogP) is 1.17. The van der Waals surface area contributed by atoms with E-state index < -0.39 is 5.97 Å². The van der Waals surface area contributed by atoms with E-state index in [-0.39, 0.29) is 29.4 Å². The number of hydrogen-bond acceptors (Lipinski definition) is 3. The topological polar surface area (TPSA) is 75.6 Å². The molecule has 1 aliphatic carbocycles. The number of nitrogens with one attached hydrogen (secondary N) is 1. The molecule has 1 amide bonds. The summed E-state index contributed by atoms with van der Waals surface area (Å²) >= 11 is 0. The first-order valence-corrected chi connectivity index (χ1v) is 6.59. The molecule has 2 rings (SSSR count). The van der Waals surface area contributed by atoms with E-state index in [1.165, 1.54) is 0 Å². The van der Waals surface area contributed by atoms with Crippen molar-refractivity contribution in [2.45, 2.75) is 51.2 Å². The van der Waals surface area contributed by atoms with Crippen molar-refractivity contribution in [3.8, 4) is 0 Å². The Kier molecular flexibility index (Phi) is 3.61. The average molecular weight is 255 g/mol. The molecule has 1 saturated carbocycles. The summed E-state index contributed by atoms with van der Waals surface area (Å²) in [6.45, 7) is 4.62. The number of carbonyl (C=O) groups excluding carboxylic acids is 1. The van der Waals surface area contributed by atoms with Gasteiger partial charge in [-0.25, -0.2) is 0 Å². The van der Waals surface area contributed by atoms with Gasteiger partial charge >= 0.3 is 5.97 Å². The molecule has 1 saturated heterocycles. The zero-order valence-corrected chi connectivity index (χ0v) is 10.9. The van der Waals surface area contributed by atoms with Crippen molar-refractivity contribution in [3.05, 3.63) is 0 Å². The fraction of sp³-hybridized carbons (Fsp3) is 0.846. The average Bonchev–Trinajstić information content (AvgIpc) is 2.87. The molecular formula is C13H21NO4. The number of carboxylic acid groups (broad SMARTS) is 1. The van der Waals surface area contributed by atoms with E-state index in [0.717, 1.165) is 6.42 Å². The molecule has 18 heavy (non-hydrogen) atoms. The standard InChI is InChI=1S/C13H21NO4/c1-8-13(2,5-6-18-8)14-11(15)9-3-4-10(7-9)12(16)17/h8-10H,3-7H2,1-2H3,(H,14,15)(H,16,17). The van der Waals surface area contributed by atoms with Crippen LogP contribution in [0.4, 0.5) is 0 Å². The molecule has 102 valence electrons. The molecule has 0 radical (unpaired) electrons. The molecule has 0 bridgehead atoms. The summed E-state index contributed by atoms with van der Waals surface area (Å²) in [5.74, 6) is -1.31. The normalized spacial score (nSPS) is 39.8. The van der Waals surface area contributed by atoms with Crippen molar-refractivity contribution in [2.75, 3.05) is 6.61 Å². The van der Waals surface area contributed by atoms with Crippen LogP contribution in [0.5, 0.6) is 0 Å². The third kappa shape index (κ3) is 2.51. The van der Waals surface area contributed by atoms with Gasteiger partial charge in [0.1, 0.15) is 0 Å². The molecule has 4 atom stereocenters. The van der Waals surface area contributed by atoms with Gasteiger partial charge in [-0.1, -0.05) is 0 Å². The zero-order valence-electron chi connectivity index (χ0n) is 10.9. The summed E-state index contributed by atoms with van der Waals surface area (Å²) in [4.78, 5) is 23.0. The number of carboxylic acids is 1. The maximum absolute atomic E-state index is 12.2. The number of rotatable bonds is 3. The van der Waals surface area contributed by atoms with Gasteiger partial charge < -0.3 is 15.2 Å². The number of aliphatic carboxylic acids is 1. The van der Waals surface area contributed by atoms with Crippen LogP contribution in [0.3, 0.4) is 0 Å². The highest BCUT2D eigenvalue weighted by atomic mass is 16.5. The van der Waals surface area contributed by atoms with Gasteiger partial charge in [0.05, 0.1) is 17.6 Å². The molecule has 2 aliphatic rings. The van der Waals surface area contributed by atoms with Crippen molar-refractivity contribution in [1.29, 1.82) is 0 Å². The number of ether oxygens (including phenoxy) is 1. The second kappa shape index (κ2) is 4.88. The van der Waals surface area contributed by atoms with Crippen LogP contribution in [-0.2, 0) is 14.3 Å². The van der Waals surface area contributed by atoms with Crippen LogP contribution in [0.1, 0.15) is 39.5 Å². The molecular weight excluding hydrogens is 234 g/mol. The minimum Gasteiger partial charge on any atom is -0.481 e. The Morgan fingerprint density at radius 2 is 2.00 bits per heavy atom. The Hall–Kier alpha value is -1.10. The summed E-state index contributed by atoms with van der Waals surface area (Å²) in [7, 11) is 0. The van der Waals surface area contributed by atoms with Crippen LogP contribution in [0, 0.1) is 11.8 Å². The molecule has 5 nitrogen and oxygen atoms in total. The van der Waals surface area contributed by atoms with Gasteiger partial charge in [0, 0.05) is 12.5 Å². The lowest BCUT2D eigenvalue weighted by atomic mass is 9.93. The van der Waals surface area contributed by atoms with Gasteiger partial charge in [0.15, 0.2) is 0 Å². The highest BCUT2D eigenvalue weighted by Gasteiger charge is 2.41. The molecule has 2 fully saturated rings. The Labute approximate surface area is 107 Å². The van der Waals surface area contributed by atoms with Crippen LogP contribution >= 0.6 is 0 Å². The molecule has 1 heterocycles. The summed E-state index contributed by atoms with van der Waals surface area (Å²) < 4.78 is 5.48. The Balaban J connectivity index is 1.91. The predicted molar refractivity (Wildman–Crippen MR) is 65.0 cm³/mol. The summed E-state index contributed by atoms with van der Waals surface area (Å²) in [6.07, 6.45) is 2.57. The lowest BCUT2D eigenvalue weighted by Gasteiger charge is -2.30. The van der Waals surface area contributed by atoms with Gasteiger partial charge in [-0.15, -0.1) is 0 Å². The lowest BCUT2D eigenvalue weighted by molar-refractivity contribution is -0.141. The van der Waals surface area contributed by atoms with E-state index in [0.29, 0.717) is 25.9 Å². The lowest BCUT2D eigenvalue weighted by Crippen LogP contribution is -2.52. The molecule has 0 aromatic heterocycles. The maximum Gasteiger partial charge on any atom is 0.306 e. The van der Waals surface area contributed by atoms with Crippen molar-refractivity contribution in [1.82, 2.24) is 5.32 Å². The molecule has 5 heteroatoms. The SMILES string of the molecule is CC1OCCC1(C)NC(=O)C1CCC(C(=O)O)C1. The first-order chi connectivity index (χ1) is 8.42. The second-order valence-electron chi connectivity index (χ2n) is 5.71. The van der Waals surface area contributed by atoms with Crippen LogP contribution < -0.4 is 5.32 Å². The first-order valence-electron chi connectivity index (χ1n) is 6.59. The largest absolute Gasteiger partial charge is 0.481 e. The van der Waals surface area contributed by atoms with Gasteiger partial charge in [-0.3, -0.25) is 9.59 Å². The van der Waals surface area contributed by atoms with Gasteiger partial charge in [0.25, 0.3) is 0 Å². The quantitative estimate of drug-likeness (QED) is 0.793. The van der Waals surface area contributed by atoms with E-state index in [1.807, 2.05) is 13.8 Å². The minimum atomic E-state index is -0.783. The van der Waals surface area contributed by atoms with E-state index in [1.54, 1.807) is 0 Å². The van der Waals surface area contributed by atoms with E-state index in [4.69, 9.17) is 9.84 Å². The molecule has 4 unspecified atom stereocenters. The van der Waals surface area contributed by atoms with Crippen LogP contribution in [0.25, 0.3) is 0 Å². The highest BCUT2D eigenvalue weighted by Crippen LogP contribution is 2.33. The molecule has 1 aliphatic heterocycles. The van der Waals surface area contributed by atoms with Crippen molar-refractivity contribution in [2.24, 2.45) is 11.8 Å². The molecule has 0 aromatic carbocycles. The number of amides is 1. The third-order valence-electron chi connectivity index (χ3n) is 4.45. The van der Waals surface area contributed by atoms with Crippen LogP contribution in [-0.4, -0.2) is 35.2 Å². The Bertz CT molecular complexity index is 357. The van der Waals surface area contributed by atoms with Crippen LogP contribution in [0.15, 0.2) is 0 Å². The summed E-state index contributed by atoms with van der Waals surface area (Å²) in [5, 5.41) is 12.0. The van der Waals surface area contributed by atoms with Gasteiger partial charge in [0.2, 0.25) is 5.91 Å². The van der Waals surface area contributed by atoms with Crippen LogP contribution in [0.2, 0.25) is 0 Å². The van der Waals surface area contributed by atoms with Gasteiger partial charge in [-0.2, -0.15) is 0 Å². The van der Waals surface area contributed by atoms with E-state index in [9.17, 15) is 9.59 Å². The molecule has 2 N–H and O–H groups in total. The molecule has 0 spiro atoms. The monoisotopic (exact) mass is 255 g/mol. The van der Waals surface area contributed by atoms with Crippen molar-refractivity contribution >= 4 is 11.9 Å².